The molecule has 0 saturated carbocycles. The number of nitro groups is 1. The fourth-order valence-corrected chi connectivity index (χ4v) is 1.63. The summed E-state index contributed by atoms with van der Waals surface area (Å²) in [5.41, 5.74) is 5.22. The Bertz CT molecular complexity index is 544. The van der Waals surface area contributed by atoms with Crippen LogP contribution in [0.15, 0.2) is 12.1 Å². The average molecular weight is 275 g/mol. The number of anilines is 2. The number of nitrogens with zero attached hydrogens (tertiary/aromatic N) is 2. The van der Waals surface area contributed by atoms with Gasteiger partial charge in [0, 0.05) is 13.1 Å². The van der Waals surface area contributed by atoms with E-state index in [0.717, 1.165) is 12.3 Å². The minimum atomic E-state index is -3.25. The molecular weight excluding hydrogens is 262 g/mol. The zero-order valence-electron chi connectivity index (χ0n) is 9.58. The number of nitrogen functional groups attached to an aromatic ring is 1. The Morgan fingerprint density at radius 2 is 2.11 bits per heavy atom. The summed E-state index contributed by atoms with van der Waals surface area (Å²) in [7, 11) is -3.25. The highest BCUT2D eigenvalue weighted by atomic mass is 32.2. The van der Waals surface area contributed by atoms with Crippen LogP contribution >= 0.6 is 0 Å². The third-order valence-electron chi connectivity index (χ3n) is 1.84. The highest BCUT2D eigenvalue weighted by Gasteiger charge is 2.09. The highest BCUT2D eigenvalue weighted by molar-refractivity contribution is 7.88. The van der Waals surface area contributed by atoms with Crippen LogP contribution in [0.25, 0.3) is 0 Å². The minimum Gasteiger partial charge on any atom is -0.383 e. The topological polar surface area (TPSA) is 140 Å². The van der Waals surface area contributed by atoms with Crippen LogP contribution in [0, 0.1) is 10.1 Å². The molecule has 1 aromatic rings. The van der Waals surface area contributed by atoms with Crippen LogP contribution in [0.3, 0.4) is 0 Å². The van der Waals surface area contributed by atoms with Gasteiger partial charge in [-0.3, -0.25) is 10.1 Å². The van der Waals surface area contributed by atoms with E-state index in [9.17, 15) is 18.5 Å². The van der Waals surface area contributed by atoms with E-state index in [-0.39, 0.29) is 30.4 Å². The first-order valence-corrected chi connectivity index (χ1v) is 6.77. The first-order valence-electron chi connectivity index (χ1n) is 4.88. The number of nitrogens with one attached hydrogen (secondary N) is 2. The Morgan fingerprint density at radius 3 is 2.67 bits per heavy atom. The number of rotatable bonds is 6. The van der Waals surface area contributed by atoms with E-state index in [1.165, 1.54) is 6.07 Å². The SMILES string of the molecule is CS(=O)(=O)NCCNc1cc([N+](=O)[O-])cc(N)n1. The van der Waals surface area contributed by atoms with Crippen molar-refractivity contribution in [3.63, 3.8) is 0 Å². The van der Waals surface area contributed by atoms with Crippen LogP contribution in [-0.4, -0.2) is 37.7 Å². The predicted molar refractivity (Wildman–Crippen MR) is 66.6 cm³/mol. The van der Waals surface area contributed by atoms with E-state index in [2.05, 4.69) is 15.0 Å². The lowest BCUT2D eigenvalue weighted by Crippen LogP contribution is -2.27. The van der Waals surface area contributed by atoms with Crippen molar-refractivity contribution in [1.82, 2.24) is 9.71 Å². The summed E-state index contributed by atoms with van der Waals surface area (Å²) in [5.74, 6) is 0.236. The molecule has 0 bridgehead atoms. The van der Waals surface area contributed by atoms with Crippen molar-refractivity contribution in [2.75, 3.05) is 30.4 Å². The van der Waals surface area contributed by atoms with Gasteiger partial charge < -0.3 is 11.1 Å². The van der Waals surface area contributed by atoms with E-state index < -0.39 is 14.9 Å². The fraction of sp³-hybridized carbons (Fsp3) is 0.375. The number of hydrogen-bond donors (Lipinski definition) is 3. The molecule has 1 heterocycles. The molecule has 0 radical (unpaired) electrons. The second kappa shape index (κ2) is 5.60. The number of nitrogens with two attached hydrogens (primary N) is 1. The molecule has 0 fully saturated rings. The molecule has 0 amide bonds. The summed E-state index contributed by atoms with van der Waals surface area (Å²) in [6, 6.07) is 2.36. The molecule has 100 valence electrons. The number of aromatic nitrogens is 1. The van der Waals surface area contributed by atoms with Crippen molar-refractivity contribution < 1.29 is 13.3 Å². The molecule has 0 atom stereocenters. The summed E-state index contributed by atoms with van der Waals surface area (Å²) in [4.78, 5) is 13.8. The molecule has 0 aliphatic carbocycles. The van der Waals surface area contributed by atoms with Gasteiger partial charge in [-0.2, -0.15) is 0 Å². The molecule has 0 unspecified atom stereocenters. The molecule has 0 aliphatic rings. The minimum absolute atomic E-state index is 0.0165. The predicted octanol–water partition coefficient (Wildman–Crippen LogP) is -0.467. The lowest BCUT2D eigenvalue weighted by atomic mass is 10.3. The van der Waals surface area contributed by atoms with Crippen molar-refractivity contribution in [3.8, 4) is 0 Å². The van der Waals surface area contributed by atoms with Crippen LogP contribution in [0.1, 0.15) is 0 Å². The van der Waals surface area contributed by atoms with Gasteiger partial charge in [0.25, 0.3) is 5.69 Å². The fourth-order valence-electron chi connectivity index (χ4n) is 1.16. The third-order valence-corrected chi connectivity index (χ3v) is 2.56. The van der Waals surface area contributed by atoms with Gasteiger partial charge >= 0.3 is 0 Å². The smallest absolute Gasteiger partial charge is 0.276 e. The molecule has 0 saturated heterocycles. The lowest BCUT2D eigenvalue weighted by molar-refractivity contribution is -0.384. The molecule has 0 aromatic carbocycles. The number of hydrogen-bond acceptors (Lipinski definition) is 7. The summed E-state index contributed by atoms with van der Waals surface area (Å²) < 4.78 is 23.8. The maximum absolute atomic E-state index is 10.8. The summed E-state index contributed by atoms with van der Waals surface area (Å²) >= 11 is 0. The number of pyridine rings is 1. The van der Waals surface area contributed by atoms with E-state index in [4.69, 9.17) is 5.73 Å². The zero-order valence-corrected chi connectivity index (χ0v) is 10.4. The van der Waals surface area contributed by atoms with E-state index in [1.54, 1.807) is 0 Å². The van der Waals surface area contributed by atoms with Crippen molar-refractivity contribution in [2.24, 2.45) is 0 Å². The normalized spacial score (nSPS) is 11.2. The molecule has 18 heavy (non-hydrogen) atoms. The molecule has 1 rings (SSSR count). The van der Waals surface area contributed by atoms with Gasteiger partial charge in [-0.05, 0) is 0 Å². The van der Waals surface area contributed by atoms with Gasteiger partial charge in [0.15, 0.2) is 0 Å². The van der Waals surface area contributed by atoms with E-state index in [1.807, 2.05) is 0 Å². The molecule has 0 spiro atoms. The highest BCUT2D eigenvalue weighted by Crippen LogP contribution is 2.18. The lowest BCUT2D eigenvalue weighted by Gasteiger charge is -2.06. The van der Waals surface area contributed by atoms with Crippen molar-refractivity contribution in [3.05, 3.63) is 22.2 Å². The summed E-state index contributed by atoms with van der Waals surface area (Å²) in [5, 5.41) is 13.3. The largest absolute Gasteiger partial charge is 0.383 e. The third kappa shape index (κ3) is 4.93. The molecule has 4 N–H and O–H groups in total. The molecule has 0 aliphatic heterocycles. The molecular formula is C8H13N5O4S. The van der Waals surface area contributed by atoms with Crippen LogP contribution in [0.2, 0.25) is 0 Å². The second-order valence-corrected chi connectivity index (χ2v) is 5.32. The second-order valence-electron chi connectivity index (χ2n) is 3.49. The van der Waals surface area contributed by atoms with Gasteiger partial charge in [0.2, 0.25) is 10.0 Å². The van der Waals surface area contributed by atoms with Crippen LogP contribution in [0.4, 0.5) is 17.3 Å². The summed E-state index contributed by atoms with van der Waals surface area (Å²) in [6.45, 7) is 0.379. The zero-order chi connectivity index (χ0) is 13.8. The Kier molecular flexibility index (Phi) is 4.39. The average Bonchev–Trinajstić information content (AvgIpc) is 2.22. The van der Waals surface area contributed by atoms with Gasteiger partial charge in [0.05, 0.1) is 23.3 Å². The van der Waals surface area contributed by atoms with E-state index in [0.29, 0.717) is 0 Å². The monoisotopic (exact) mass is 275 g/mol. The standard InChI is InChI=1S/C8H13N5O4S/c1-18(16,17)11-3-2-10-8-5-6(13(14)15)4-7(9)12-8/h4-5,11H,2-3H2,1H3,(H3,9,10,12). The van der Waals surface area contributed by atoms with Crippen LogP contribution in [0.5, 0.6) is 0 Å². The van der Waals surface area contributed by atoms with Gasteiger partial charge in [-0.15, -0.1) is 0 Å². The Labute approximate surface area is 104 Å². The molecule has 1 aromatic heterocycles. The van der Waals surface area contributed by atoms with Gasteiger partial charge in [-0.25, -0.2) is 18.1 Å². The van der Waals surface area contributed by atoms with E-state index >= 15 is 0 Å². The Morgan fingerprint density at radius 1 is 1.44 bits per heavy atom. The molecule has 9 nitrogen and oxygen atoms in total. The van der Waals surface area contributed by atoms with Crippen molar-refractivity contribution in [1.29, 1.82) is 0 Å². The Hall–Kier alpha value is -1.94. The van der Waals surface area contributed by atoms with Gasteiger partial charge in [0.1, 0.15) is 11.6 Å². The van der Waals surface area contributed by atoms with Crippen LogP contribution in [-0.2, 0) is 10.0 Å². The maximum atomic E-state index is 10.8. The molecule has 10 heteroatoms. The first kappa shape index (κ1) is 14.1. The van der Waals surface area contributed by atoms with Crippen molar-refractivity contribution >= 4 is 27.3 Å². The first-order chi connectivity index (χ1) is 8.28. The summed E-state index contributed by atoms with van der Waals surface area (Å²) in [6.07, 6.45) is 1.04. The maximum Gasteiger partial charge on any atom is 0.276 e. The van der Waals surface area contributed by atoms with Gasteiger partial charge in [-0.1, -0.05) is 0 Å². The quantitative estimate of drug-likeness (QED) is 0.362. The van der Waals surface area contributed by atoms with Crippen molar-refractivity contribution in [2.45, 2.75) is 0 Å². The van der Waals surface area contributed by atoms with Crippen LogP contribution < -0.4 is 15.8 Å². The Balaban J connectivity index is 2.60. The number of sulfonamides is 1.